The zero-order chi connectivity index (χ0) is 20.4. The highest BCUT2D eigenvalue weighted by Gasteiger charge is 2.35. The summed E-state index contributed by atoms with van der Waals surface area (Å²) in [6.07, 6.45) is 5.11. The SMILES string of the molecule is CN(C(=O)Oc1ccc2c(c1)C(C)(C)CN2Cc1cccnc1)C1CCOCC1. The summed E-state index contributed by atoms with van der Waals surface area (Å²) >= 11 is 0. The molecule has 3 heterocycles. The van der Waals surface area contributed by atoms with Gasteiger partial charge in [-0.15, -0.1) is 0 Å². The first-order valence-electron chi connectivity index (χ1n) is 10.2. The van der Waals surface area contributed by atoms with Crippen molar-refractivity contribution < 1.29 is 14.3 Å². The molecule has 1 aromatic carbocycles. The third-order valence-corrected chi connectivity index (χ3v) is 5.95. The van der Waals surface area contributed by atoms with Crippen LogP contribution in [0, 0.1) is 0 Å². The summed E-state index contributed by atoms with van der Waals surface area (Å²) in [5, 5.41) is 0. The number of hydrogen-bond donors (Lipinski definition) is 0. The van der Waals surface area contributed by atoms with Gasteiger partial charge in [-0.2, -0.15) is 0 Å². The fourth-order valence-corrected chi connectivity index (χ4v) is 4.29. The van der Waals surface area contributed by atoms with Crippen LogP contribution >= 0.6 is 0 Å². The smallest absolute Gasteiger partial charge is 0.410 e. The standard InChI is InChI=1S/C23H29N3O3/c1-23(2)16-26(15-17-5-4-10-24-14-17)21-7-6-19(13-20(21)23)29-22(27)25(3)18-8-11-28-12-9-18/h4-7,10,13-14,18H,8-9,11-12,15-16H2,1-3H3. The van der Waals surface area contributed by atoms with Crippen LogP contribution in [0.2, 0.25) is 0 Å². The lowest BCUT2D eigenvalue weighted by Gasteiger charge is -2.30. The van der Waals surface area contributed by atoms with Crippen LogP contribution in [-0.4, -0.2) is 48.8 Å². The molecule has 4 rings (SSSR count). The molecule has 1 saturated heterocycles. The maximum absolute atomic E-state index is 12.6. The van der Waals surface area contributed by atoms with Crippen molar-refractivity contribution in [3.05, 3.63) is 53.9 Å². The van der Waals surface area contributed by atoms with E-state index in [1.807, 2.05) is 31.4 Å². The molecule has 0 spiro atoms. The monoisotopic (exact) mass is 395 g/mol. The molecule has 0 radical (unpaired) electrons. The molecule has 0 N–H and O–H groups in total. The lowest BCUT2D eigenvalue weighted by molar-refractivity contribution is 0.0454. The number of pyridine rings is 1. The molecule has 154 valence electrons. The van der Waals surface area contributed by atoms with Gasteiger partial charge in [0, 0.05) is 62.9 Å². The largest absolute Gasteiger partial charge is 0.415 e. The van der Waals surface area contributed by atoms with Gasteiger partial charge in [-0.3, -0.25) is 4.98 Å². The number of fused-ring (bicyclic) bond motifs is 1. The van der Waals surface area contributed by atoms with Gasteiger partial charge in [0.1, 0.15) is 5.75 Å². The van der Waals surface area contributed by atoms with Gasteiger partial charge >= 0.3 is 6.09 Å². The fraction of sp³-hybridized carbons (Fsp3) is 0.478. The van der Waals surface area contributed by atoms with Crippen molar-refractivity contribution in [1.82, 2.24) is 9.88 Å². The first-order chi connectivity index (χ1) is 13.9. The molecule has 2 aliphatic rings. The van der Waals surface area contributed by atoms with Gasteiger partial charge in [-0.05, 0) is 48.2 Å². The average molecular weight is 396 g/mol. The van der Waals surface area contributed by atoms with Gasteiger partial charge in [0.2, 0.25) is 0 Å². The minimum atomic E-state index is -0.306. The van der Waals surface area contributed by atoms with Crippen LogP contribution in [0.4, 0.5) is 10.5 Å². The third kappa shape index (κ3) is 4.22. The van der Waals surface area contributed by atoms with Crippen molar-refractivity contribution in [3.8, 4) is 5.75 Å². The average Bonchev–Trinajstić information content (AvgIpc) is 2.98. The van der Waals surface area contributed by atoms with E-state index in [-0.39, 0.29) is 17.6 Å². The van der Waals surface area contributed by atoms with Crippen molar-refractivity contribution in [2.75, 3.05) is 31.7 Å². The Morgan fingerprint density at radius 1 is 1.31 bits per heavy atom. The molecule has 29 heavy (non-hydrogen) atoms. The number of carbonyl (C=O) groups excluding carboxylic acids is 1. The minimum Gasteiger partial charge on any atom is -0.410 e. The lowest BCUT2D eigenvalue weighted by atomic mass is 9.87. The highest BCUT2D eigenvalue weighted by atomic mass is 16.6. The number of ether oxygens (including phenoxy) is 2. The van der Waals surface area contributed by atoms with Gasteiger partial charge in [-0.1, -0.05) is 19.9 Å². The van der Waals surface area contributed by atoms with E-state index in [2.05, 4.69) is 35.9 Å². The van der Waals surface area contributed by atoms with E-state index in [9.17, 15) is 4.79 Å². The van der Waals surface area contributed by atoms with Gasteiger partial charge < -0.3 is 19.3 Å². The molecular formula is C23H29N3O3. The molecule has 1 amide bonds. The first kappa shape index (κ1) is 19.7. The summed E-state index contributed by atoms with van der Waals surface area (Å²) < 4.78 is 11.1. The number of benzene rings is 1. The molecule has 2 aromatic rings. The Labute approximate surface area is 172 Å². The summed E-state index contributed by atoms with van der Waals surface area (Å²) in [5.41, 5.74) is 3.56. The normalized spacial score (nSPS) is 18.4. The van der Waals surface area contributed by atoms with E-state index in [0.29, 0.717) is 19.0 Å². The highest BCUT2D eigenvalue weighted by molar-refractivity contribution is 5.72. The lowest BCUT2D eigenvalue weighted by Crippen LogP contribution is -2.42. The molecule has 0 atom stereocenters. The Bertz CT molecular complexity index is 863. The minimum absolute atomic E-state index is 0.0213. The third-order valence-electron chi connectivity index (χ3n) is 5.95. The van der Waals surface area contributed by atoms with E-state index in [1.54, 1.807) is 11.1 Å². The fourth-order valence-electron chi connectivity index (χ4n) is 4.29. The topological polar surface area (TPSA) is 54.9 Å². The van der Waals surface area contributed by atoms with Crippen molar-refractivity contribution in [2.24, 2.45) is 0 Å². The number of nitrogens with zero attached hydrogens (tertiary/aromatic N) is 3. The summed E-state index contributed by atoms with van der Waals surface area (Å²) in [6, 6.07) is 10.2. The quantitative estimate of drug-likeness (QED) is 0.784. The Morgan fingerprint density at radius 2 is 2.10 bits per heavy atom. The van der Waals surface area contributed by atoms with Crippen molar-refractivity contribution in [1.29, 1.82) is 0 Å². The van der Waals surface area contributed by atoms with Gasteiger partial charge in [0.15, 0.2) is 0 Å². The highest BCUT2D eigenvalue weighted by Crippen LogP contribution is 2.42. The maximum atomic E-state index is 12.6. The molecule has 0 aliphatic carbocycles. The van der Waals surface area contributed by atoms with E-state index in [4.69, 9.17) is 9.47 Å². The molecule has 0 unspecified atom stereocenters. The second-order valence-corrected chi connectivity index (χ2v) is 8.60. The summed E-state index contributed by atoms with van der Waals surface area (Å²) in [4.78, 5) is 20.9. The summed E-state index contributed by atoms with van der Waals surface area (Å²) in [6.45, 7) is 7.58. The van der Waals surface area contributed by atoms with E-state index >= 15 is 0 Å². The van der Waals surface area contributed by atoms with Crippen LogP contribution in [0.15, 0.2) is 42.7 Å². The predicted molar refractivity (Wildman–Crippen MR) is 112 cm³/mol. The predicted octanol–water partition coefficient (Wildman–Crippen LogP) is 3.99. The van der Waals surface area contributed by atoms with Crippen molar-refractivity contribution in [2.45, 2.75) is 44.7 Å². The van der Waals surface area contributed by atoms with Gasteiger partial charge in [-0.25, -0.2) is 4.79 Å². The number of aromatic nitrogens is 1. The van der Waals surface area contributed by atoms with Crippen LogP contribution in [0.3, 0.4) is 0 Å². The second-order valence-electron chi connectivity index (χ2n) is 8.60. The first-order valence-corrected chi connectivity index (χ1v) is 10.2. The Kier molecular flexibility index (Phi) is 5.46. The number of anilines is 1. The molecule has 6 heteroatoms. The van der Waals surface area contributed by atoms with Crippen LogP contribution in [0.25, 0.3) is 0 Å². The Hall–Kier alpha value is -2.60. The molecule has 1 fully saturated rings. The Morgan fingerprint density at radius 3 is 2.83 bits per heavy atom. The molecule has 1 aromatic heterocycles. The van der Waals surface area contributed by atoms with E-state index < -0.39 is 0 Å². The van der Waals surface area contributed by atoms with Crippen molar-refractivity contribution in [3.63, 3.8) is 0 Å². The van der Waals surface area contributed by atoms with Crippen LogP contribution < -0.4 is 9.64 Å². The van der Waals surface area contributed by atoms with E-state index in [1.165, 1.54) is 16.8 Å². The zero-order valence-electron chi connectivity index (χ0n) is 17.4. The number of hydrogen-bond acceptors (Lipinski definition) is 5. The summed E-state index contributed by atoms with van der Waals surface area (Å²) in [7, 11) is 1.81. The maximum Gasteiger partial charge on any atom is 0.415 e. The van der Waals surface area contributed by atoms with E-state index in [0.717, 1.165) is 25.9 Å². The number of amides is 1. The molecule has 6 nitrogen and oxygen atoms in total. The molecular weight excluding hydrogens is 366 g/mol. The molecule has 0 bridgehead atoms. The second kappa shape index (κ2) is 8.03. The van der Waals surface area contributed by atoms with Crippen LogP contribution in [0.1, 0.15) is 37.8 Å². The van der Waals surface area contributed by atoms with Crippen LogP contribution in [-0.2, 0) is 16.7 Å². The van der Waals surface area contributed by atoms with Crippen LogP contribution in [0.5, 0.6) is 5.75 Å². The molecule has 2 aliphatic heterocycles. The summed E-state index contributed by atoms with van der Waals surface area (Å²) in [5.74, 6) is 0.601. The zero-order valence-corrected chi connectivity index (χ0v) is 17.4. The number of rotatable bonds is 4. The number of carbonyl (C=O) groups is 1. The van der Waals surface area contributed by atoms with Gasteiger partial charge in [0.25, 0.3) is 0 Å². The molecule has 0 saturated carbocycles. The Balaban J connectivity index is 1.49. The van der Waals surface area contributed by atoms with Crippen molar-refractivity contribution >= 4 is 11.8 Å². The van der Waals surface area contributed by atoms with Gasteiger partial charge in [0.05, 0.1) is 0 Å².